The van der Waals surface area contributed by atoms with Crippen molar-refractivity contribution in [1.29, 1.82) is 0 Å². The number of ether oxygens (including phenoxy) is 1. The molecule has 1 unspecified atom stereocenters. The zero-order valence-corrected chi connectivity index (χ0v) is 8.87. The molecule has 2 N–H and O–H groups in total. The van der Waals surface area contributed by atoms with Crippen molar-refractivity contribution in [1.82, 2.24) is 4.90 Å². The lowest BCUT2D eigenvalue weighted by Crippen LogP contribution is -2.48. The van der Waals surface area contributed by atoms with Crippen molar-refractivity contribution in [2.75, 3.05) is 24.7 Å². The fraction of sp³-hybridized carbons (Fsp3) is 0.625. The highest BCUT2D eigenvalue weighted by Crippen LogP contribution is 2.15. The maximum atomic E-state index is 11.5. The van der Waals surface area contributed by atoms with Crippen molar-refractivity contribution in [2.24, 2.45) is 5.73 Å². The van der Waals surface area contributed by atoms with Crippen molar-refractivity contribution in [3.05, 3.63) is 0 Å². The summed E-state index contributed by atoms with van der Waals surface area (Å²) >= 11 is 1.62. The number of thioether (sulfide) groups is 1. The molecule has 0 aromatic heterocycles. The maximum absolute atomic E-state index is 11.5. The lowest BCUT2D eigenvalue weighted by molar-refractivity contribution is -0.138. The van der Waals surface area contributed by atoms with Crippen molar-refractivity contribution in [3.63, 3.8) is 0 Å². The highest BCUT2D eigenvalue weighted by atomic mass is 32.2. The number of nitrogens with two attached hydrogens (primary N) is 1. The summed E-state index contributed by atoms with van der Waals surface area (Å²) in [6.45, 7) is 0.0966. The minimum Gasteiger partial charge on any atom is -0.440 e. The molecule has 1 aliphatic heterocycles. The van der Waals surface area contributed by atoms with Gasteiger partial charge in [0.05, 0.1) is 6.04 Å². The second-order valence-corrected chi connectivity index (χ2v) is 4.12. The second-order valence-electron chi connectivity index (χ2n) is 2.97. The lowest BCUT2D eigenvalue weighted by Gasteiger charge is -2.31. The van der Waals surface area contributed by atoms with Gasteiger partial charge >= 0.3 is 6.09 Å². The number of primary amides is 1. The van der Waals surface area contributed by atoms with Crippen LogP contribution in [0.5, 0.6) is 0 Å². The first-order chi connectivity index (χ1) is 7.15. The molecule has 7 heteroatoms. The highest BCUT2D eigenvalue weighted by molar-refractivity contribution is 7.99. The zero-order chi connectivity index (χ0) is 11.3. The van der Waals surface area contributed by atoms with Crippen molar-refractivity contribution < 1.29 is 19.1 Å². The molecule has 0 aliphatic carbocycles. The molecule has 0 radical (unpaired) electrons. The van der Waals surface area contributed by atoms with Crippen molar-refractivity contribution >= 4 is 30.0 Å². The average molecular weight is 232 g/mol. The van der Waals surface area contributed by atoms with E-state index in [0.717, 1.165) is 12.0 Å². The Kier molecular flexibility index (Phi) is 4.41. The quantitative estimate of drug-likeness (QED) is 0.645. The fourth-order valence-electron chi connectivity index (χ4n) is 1.26. The van der Waals surface area contributed by atoms with Gasteiger partial charge in [0.2, 0.25) is 0 Å². The van der Waals surface area contributed by atoms with Crippen LogP contribution in [0.25, 0.3) is 0 Å². The number of nitrogens with zero attached hydrogens (tertiary/aromatic N) is 1. The highest BCUT2D eigenvalue weighted by Gasteiger charge is 2.26. The van der Waals surface area contributed by atoms with E-state index in [-0.39, 0.29) is 5.91 Å². The minimum absolute atomic E-state index is 0.383. The number of carbonyl (C=O) groups is 3. The predicted octanol–water partition coefficient (Wildman–Crippen LogP) is -0.775. The van der Waals surface area contributed by atoms with Gasteiger partial charge in [-0.1, -0.05) is 0 Å². The molecule has 0 aromatic rings. The van der Waals surface area contributed by atoms with Crippen LogP contribution in [0, 0.1) is 0 Å². The van der Waals surface area contributed by atoms with E-state index in [1.807, 2.05) is 0 Å². The van der Waals surface area contributed by atoms with Gasteiger partial charge < -0.3 is 20.2 Å². The third-order valence-electron chi connectivity index (χ3n) is 1.98. The SMILES string of the molecule is NC(=O)OCC(=O)N1CCSCC1C=O. The topological polar surface area (TPSA) is 89.7 Å². The molecule has 84 valence electrons. The van der Waals surface area contributed by atoms with E-state index >= 15 is 0 Å². The molecule has 1 heterocycles. The third kappa shape index (κ3) is 3.43. The Balaban J connectivity index is 2.48. The van der Waals surface area contributed by atoms with Gasteiger partial charge in [-0.15, -0.1) is 0 Å². The molecule has 6 nitrogen and oxygen atoms in total. The monoisotopic (exact) mass is 232 g/mol. The molecule has 0 spiro atoms. The van der Waals surface area contributed by atoms with Gasteiger partial charge in [-0.3, -0.25) is 4.79 Å². The van der Waals surface area contributed by atoms with Gasteiger partial charge in [-0.2, -0.15) is 11.8 Å². The van der Waals surface area contributed by atoms with Crippen molar-refractivity contribution in [2.45, 2.75) is 6.04 Å². The summed E-state index contributed by atoms with van der Waals surface area (Å²) in [6, 6.07) is -0.423. The van der Waals surface area contributed by atoms with E-state index < -0.39 is 18.7 Å². The molecule has 1 rings (SSSR count). The summed E-state index contributed by atoms with van der Waals surface area (Å²) < 4.78 is 4.37. The summed E-state index contributed by atoms with van der Waals surface area (Å²) in [5, 5.41) is 0. The van der Waals surface area contributed by atoms with Gasteiger partial charge in [0.15, 0.2) is 6.61 Å². The van der Waals surface area contributed by atoms with Crippen LogP contribution in [0.2, 0.25) is 0 Å². The van der Waals surface area contributed by atoms with Crippen LogP contribution in [-0.2, 0) is 14.3 Å². The smallest absolute Gasteiger partial charge is 0.405 e. The van der Waals surface area contributed by atoms with Gasteiger partial charge in [0.1, 0.15) is 6.29 Å². The van der Waals surface area contributed by atoms with E-state index in [2.05, 4.69) is 4.74 Å². The van der Waals surface area contributed by atoms with Crippen LogP contribution in [-0.4, -0.2) is 53.9 Å². The molecule has 2 amide bonds. The van der Waals surface area contributed by atoms with Gasteiger partial charge in [-0.05, 0) is 0 Å². The Morgan fingerprint density at radius 1 is 1.60 bits per heavy atom. The number of rotatable bonds is 3. The molecule has 1 aliphatic rings. The molecule has 1 fully saturated rings. The molecule has 0 aromatic carbocycles. The van der Waals surface area contributed by atoms with Crippen LogP contribution in [0.1, 0.15) is 0 Å². The zero-order valence-electron chi connectivity index (χ0n) is 8.05. The largest absolute Gasteiger partial charge is 0.440 e. The molecular formula is C8H12N2O4S. The predicted molar refractivity (Wildman–Crippen MR) is 54.4 cm³/mol. The van der Waals surface area contributed by atoms with E-state index in [1.165, 1.54) is 4.90 Å². The Hall–Kier alpha value is -1.24. The first-order valence-electron chi connectivity index (χ1n) is 4.40. The number of aldehydes is 1. The van der Waals surface area contributed by atoms with E-state index in [9.17, 15) is 14.4 Å². The summed E-state index contributed by atoms with van der Waals surface area (Å²) in [7, 11) is 0. The van der Waals surface area contributed by atoms with Crippen LogP contribution < -0.4 is 5.73 Å². The Labute approximate surface area is 91.1 Å². The summed E-state index contributed by atoms with van der Waals surface area (Å²) in [6.07, 6.45) is -0.258. The third-order valence-corrected chi connectivity index (χ3v) is 3.03. The van der Waals surface area contributed by atoms with Gasteiger partial charge in [-0.25, -0.2) is 4.79 Å². The fourth-order valence-corrected chi connectivity index (χ4v) is 2.25. The van der Waals surface area contributed by atoms with Crippen LogP contribution in [0.4, 0.5) is 4.79 Å². The molecular weight excluding hydrogens is 220 g/mol. The average Bonchev–Trinajstić information content (AvgIpc) is 2.25. The standard InChI is InChI=1S/C8H12N2O4S/c9-8(13)14-4-7(12)10-1-2-15-5-6(10)3-11/h3,6H,1-2,4-5H2,(H2,9,13). The van der Waals surface area contributed by atoms with E-state index in [0.29, 0.717) is 12.3 Å². The Morgan fingerprint density at radius 2 is 2.33 bits per heavy atom. The maximum Gasteiger partial charge on any atom is 0.405 e. The second kappa shape index (κ2) is 5.59. The normalized spacial score (nSPS) is 20.8. The van der Waals surface area contributed by atoms with Crippen molar-refractivity contribution in [3.8, 4) is 0 Å². The van der Waals surface area contributed by atoms with Crippen LogP contribution in [0.3, 0.4) is 0 Å². The molecule has 1 saturated heterocycles. The molecule has 15 heavy (non-hydrogen) atoms. The minimum atomic E-state index is -0.989. The number of amides is 2. The van der Waals surface area contributed by atoms with Gasteiger partial charge in [0, 0.05) is 18.1 Å². The first kappa shape index (κ1) is 11.8. The number of carbonyl (C=O) groups excluding carboxylic acids is 3. The molecule has 0 bridgehead atoms. The lowest BCUT2D eigenvalue weighted by atomic mass is 10.3. The Morgan fingerprint density at radius 3 is 2.93 bits per heavy atom. The van der Waals surface area contributed by atoms with Crippen LogP contribution in [0.15, 0.2) is 0 Å². The summed E-state index contributed by atoms with van der Waals surface area (Å²) in [4.78, 5) is 33.9. The Bertz CT molecular complexity index is 271. The first-order valence-corrected chi connectivity index (χ1v) is 5.55. The number of hydrogen-bond donors (Lipinski definition) is 1. The molecule has 1 atom stereocenters. The van der Waals surface area contributed by atoms with E-state index in [4.69, 9.17) is 5.73 Å². The van der Waals surface area contributed by atoms with Crippen LogP contribution >= 0.6 is 11.8 Å². The number of hydrogen-bond acceptors (Lipinski definition) is 5. The summed E-state index contributed by atoms with van der Waals surface area (Å²) in [5.74, 6) is 0.990. The molecule has 0 saturated carbocycles. The van der Waals surface area contributed by atoms with Gasteiger partial charge in [0.25, 0.3) is 5.91 Å². The summed E-state index contributed by atoms with van der Waals surface area (Å²) in [5.41, 5.74) is 4.73. The van der Waals surface area contributed by atoms with E-state index in [1.54, 1.807) is 11.8 Å².